The number of carbonyl (C=O) groups excluding carboxylic acids is 1. The molecule has 4 rings (SSSR count). The zero-order chi connectivity index (χ0) is 21.1. The molecule has 2 aliphatic rings. The molecule has 2 aliphatic heterocycles. The van der Waals surface area contributed by atoms with Gasteiger partial charge in [0.25, 0.3) is 5.69 Å². The summed E-state index contributed by atoms with van der Waals surface area (Å²) in [7, 11) is 0. The van der Waals surface area contributed by atoms with E-state index >= 15 is 0 Å². The van der Waals surface area contributed by atoms with Crippen LogP contribution in [0.25, 0.3) is 0 Å². The number of aryl methyl sites for hydroxylation is 1. The van der Waals surface area contributed by atoms with Crippen molar-refractivity contribution in [3.8, 4) is 0 Å². The second kappa shape index (κ2) is 8.81. The Morgan fingerprint density at radius 1 is 1.03 bits per heavy atom. The monoisotopic (exact) mass is 410 g/mol. The molecule has 8 heteroatoms. The maximum Gasteiger partial charge on any atom is 0.292 e. The van der Waals surface area contributed by atoms with Gasteiger partial charge in [0.05, 0.1) is 18.1 Å². The lowest BCUT2D eigenvalue weighted by atomic mass is 10.0. The number of para-hydroxylation sites is 1. The fraction of sp³-hybridized carbons (Fsp3) is 0.409. The summed E-state index contributed by atoms with van der Waals surface area (Å²) in [6, 6.07) is 12.8. The summed E-state index contributed by atoms with van der Waals surface area (Å²) >= 11 is 0. The number of anilines is 2. The van der Waals surface area contributed by atoms with Crippen molar-refractivity contribution in [3.63, 3.8) is 0 Å². The normalized spacial score (nSPS) is 17.0. The van der Waals surface area contributed by atoms with Gasteiger partial charge >= 0.3 is 0 Å². The molecular weight excluding hydrogens is 384 g/mol. The minimum absolute atomic E-state index is 0.0432. The molecule has 1 amide bonds. The van der Waals surface area contributed by atoms with Gasteiger partial charge in [0.2, 0.25) is 5.91 Å². The molecule has 0 bridgehead atoms. The van der Waals surface area contributed by atoms with Gasteiger partial charge in [0.15, 0.2) is 0 Å². The molecule has 0 unspecified atom stereocenters. The number of nitro groups is 1. The molecule has 0 spiro atoms. The predicted molar refractivity (Wildman–Crippen MR) is 115 cm³/mol. The fourth-order valence-corrected chi connectivity index (χ4v) is 4.29. The van der Waals surface area contributed by atoms with E-state index in [0.29, 0.717) is 44.0 Å². The number of hydrogen-bond donors (Lipinski definition) is 1. The number of benzene rings is 2. The first-order valence-corrected chi connectivity index (χ1v) is 10.3. The number of hydrogen-bond acceptors (Lipinski definition) is 6. The number of aliphatic hydroxyl groups excluding tert-OH is 1. The highest BCUT2D eigenvalue weighted by atomic mass is 16.6. The van der Waals surface area contributed by atoms with Gasteiger partial charge < -0.3 is 14.9 Å². The first kappa shape index (κ1) is 20.3. The van der Waals surface area contributed by atoms with Crippen molar-refractivity contribution in [1.29, 1.82) is 0 Å². The Kier molecular flexibility index (Phi) is 5.96. The van der Waals surface area contributed by atoms with Crippen molar-refractivity contribution in [2.75, 3.05) is 49.1 Å². The van der Waals surface area contributed by atoms with Gasteiger partial charge in [0, 0.05) is 44.5 Å². The average molecular weight is 410 g/mol. The van der Waals surface area contributed by atoms with Gasteiger partial charge in [-0.3, -0.25) is 19.8 Å². The van der Waals surface area contributed by atoms with Crippen LogP contribution in [0.5, 0.6) is 0 Å². The standard InChI is InChI=1S/C22H26N4O4/c27-16-17-7-8-20(26(29)30)21(14-17)24-12-10-23(11-13-24)15-22(28)25-9-3-5-18-4-1-2-6-19(18)25/h1-2,4,6-8,14,27H,3,5,9-13,15-16H2. The van der Waals surface area contributed by atoms with E-state index in [4.69, 9.17) is 0 Å². The number of fused-ring (bicyclic) bond motifs is 1. The highest BCUT2D eigenvalue weighted by Gasteiger charge is 2.27. The number of nitrogens with zero attached hydrogens (tertiary/aromatic N) is 4. The van der Waals surface area contributed by atoms with Gasteiger partial charge in [0.1, 0.15) is 5.69 Å². The summed E-state index contributed by atoms with van der Waals surface area (Å²) in [5, 5.41) is 20.8. The zero-order valence-electron chi connectivity index (χ0n) is 16.9. The van der Waals surface area contributed by atoms with Crippen LogP contribution < -0.4 is 9.80 Å². The van der Waals surface area contributed by atoms with Gasteiger partial charge in [-0.2, -0.15) is 0 Å². The average Bonchev–Trinajstić information content (AvgIpc) is 2.78. The van der Waals surface area contributed by atoms with E-state index in [2.05, 4.69) is 11.0 Å². The quantitative estimate of drug-likeness (QED) is 0.600. The van der Waals surface area contributed by atoms with E-state index in [-0.39, 0.29) is 23.1 Å². The molecule has 0 radical (unpaired) electrons. The third kappa shape index (κ3) is 4.15. The molecule has 8 nitrogen and oxygen atoms in total. The number of rotatable bonds is 5. The van der Waals surface area contributed by atoms with Crippen molar-refractivity contribution in [3.05, 3.63) is 63.7 Å². The number of amides is 1. The van der Waals surface area contributed by atoms with E-state index in [0.717, 1.165) is 25.1 Å². The molecule has 1 saturated heterocycles. The second-order valence-electron chi connectivity index (χ2n) is 7.78. The third-order valence-electron chi connectivity index (χ3n) is 5.90. The smallest absolute Gasteiger partial charge is 0.292 e. The molecular formula is C22H26N4O4. The van der Waals surface area contributed by atoms with Crippen molar-refractivity contribution < 1.29 is 14.8 Å². The Bertz CT molecular complexity index is 940. The van der Waals surface area contributed by atoms with Gasteiger partial charge in [-0.05, 0) is 42.2 Å². The van der Waals surface area contributed by atoms with Crippen molar-refractivity contribution in [2.45, 2.75) is 19.4 Å². The molecule has 2 heterocycles. The molecule has 30 heavy (non-hydrogen) atoms. The lowest BCUT2D eigenvalue weighted by molar-refractivity contribution is -0.384. The molecule has 0 aromatic heterocycles. The van der Waals surface area contributed by atoms with Gasteiger partial charge in [-0.25, -0.2) is 0 Å². The molecule has 0 atom stereocenters. The predicted octanol–water partition coefficient (Wildman–Crippen LogP) is 2.19. The van der Waals surface area contributed by atoms with E-state index < -0.39 is 0 Å². The molecule has 158 valence electrons. The first-order valence-electron chi connectivity index (χ1n) is 10.3. The van der Waals surface area contributed by atoms with Crippen LogP contribution in [0, 0.1) is 10.1 Å². The third-order valence-corrected chi connectivity index (χ3v) is 5.90. The number of piperazine rings is 1. The van der Waals surface area contributed by atoms with Crippen LogP contribution in [0.15, 0.2) is 42.5 Å². The SMILES string of the molecule is O=C(CN1CCN(c2cc(CO)ccc2[N+](=O)[O-])CC1)N1CCCc2ccccc21. The summed E-state index contributed by atoms with van der Waals surface area (Å²) in [6.45, 7) is 3.44. The Hall–Kier alpha value is -2.97. The maximum absolute atomic E-state index is 13.0. The number of aliphatic hydroxyl groups is 1. The number of nitro benzene ring substituents is 1. The van der Waals surface area contributed by atoms with Crippen LogP contribution in [-0.4, -0.2) is 60.1 Å². The highest BCUT2D eigenvalue weighted by Crippen LogP contribution is 2.30. The first-order chi connectivity index (χ1) is 14.6. The topological polar surface area (TPSA) is 90.2 Å². The summed E-state index contributed by atoms with van der Waals surface area (Å²) < 4.78 is 0. The van der Waals surface area contributed by atoms with E-state index in [9.17, 15) is 20.0 Å². The molecule has 2 aromatic carbocycles. The molecule has 0 aliphatic carbocycles. The summed E-state index contributed by atoms with van der Waals surface area (Å²) in [5.41, 5.74) is 3.46. The highest BCUT2D eigenvalue weighted by molar-refractivity contribution is 5.96. The number of carbonyl (C=O) groups is 1. The van der Waals surface area contributed by atoms with E-state index in [1.807, 2.05) is 28.0 Å². The van der Waals surface area contributed by atoms with Crippen LogP contribution in [-0.2, 0) is 17.8 Å². The van der Waals surface area contributed by atoms with Gasteiger partial charge in [-0.1, -0.05) is 18.2 Å². The molecule has 1 N–H and O–H groups in total. The van der Waals surface area contributed by atoms with Crippen LogP contribution in [0.2, 0.25) is 0 Å². The van der Waals surface area contributed by atoms with Crippen molar-refractivity contribution >= 4 is 23.0 Å². The Morgan fingerprint density at radius 3 is 2.53 bits per heavy atom. The van der Waals surface area contributed by atoms with E-state index in [1.54, 1.807) is 12.1 Å². The van der Waals surface area contributed by atoms with Gasteiger partial charge in [-0.15, -0.1) is 0 Å². The summed E-state index contributed by atoms with van der Waals surface area (Å²) in [6.07, 6.45) is 1.98. The summed E-state index contributed by atoms with van der Waals surface area (Å²) in [4.78, 5) is 29.9. The lowest BCUT2D eigenvalue weighted by Crippen LogP contribution is -2.51. The largest absolute Gasteiger partial charge is 0.392 e. The Balaban J connectivity index is 1.40. The zero-order valence-corrected chi connectivity index (χ0v) is 16.9. The minimum Gasteiger partial charge on any atom is -0.392 e. The minimum atomic E-state index is -0.389. The van der Waals surface area contributed by atoms with E-state index in [1.165, 1.54) is 11.6 Å². The fourth-order valence-electron chi connectivity index (χ4n) is 4.29. The second-order valence-corrected chi connectivity index (χ2v) is 7.78. The van der Waals surface area contributed by atoms with Crippen LogP contribution in [0.1, 0.15) is 17.5 Å². The Labute approximate surface area is 175 Å². The molecule has 2 aromatic rings. The summed E-state index contributed by atoms with van der Waals surface area (Å²) in [5.74, 6) is 0.101. The van der Waals surface area contributed by atoms with Crippen LogP contribution >= 0.6 is 0 Å². The molecule has 1 fully saturated rings. The molecule has 0 saturated carbocycles. The van der Waals surface area contributed by atoms with Crippen LogP contribution in [0.4, 0.5) is 17.1 Å². The lowest BCUT2D eigenvalue weighted by Gasteiger charge is -2.37. The Morgan fingerprint density at radius 2 is 1.80 bits per heavy atom. The maximum atomic E-state index is 13.0. The van der Waals surface area contributed by atoms with Crippen molar-refractivity contribution in [1.82, 2.24) is 4.90 Å². The van der Waals surface area contributed by atoms with Crippen molar-refractivity contribution in [2.24, 2.45) is 0 Å². The van der Waals surface area contributed by atoms with Crippen LogP contribution in [0.3, 0.4) is 0 Å².